The smallest absolute Gasteiger partial charge is 0.390 e. The molecule has 1 heterocycles. The lowest BCUT2D eigenvalue weighted by Gasteiger charge is -2.40. The molecule has 1 unspecified atom stereocenters. The molecule has 0 fully saturated rings. The minimum absolute atomic E-state index is 0.0161. The summed E-state index contributed by atoms with van der Waals surface area (Å²) < 4.78 is 47.4. The lowest BCUT2D eigenvalue weighted by atomic mass is 9.87. The number of hydrogen-bond donors (Lipinski definition) is 3. The second-order valence-corrected chi connectivity index (χ2v) is 10.4. The van der Waals surface area contributed by atoms with Crippen molar-refractivity contribution < 1.29 is 32.6 Å². The highest BCUT2D eigenvalue weighted by Gasteiger charge is 2.42. The fourth-order valence-electron chi connectivity index (χ4n) is 5.67. The number of guanidine groups is 1. The van der Waals surface area contributed by atoms with Gasteiger partial charge in [-0.2, -0.15) is 13.2 Å². The number of nitrogens with two attached hydrogens (primary N) is 1. The van der Waals surface area contributed by atoms with Crippen LogP contribution in [0, 0.1) is 0 Å². The van der Waals surface area contributed by atoms with Gasteiger partial charge in [0.1, 0.15) is 0 Å². The van der Waals surface area contributed by atoms with Crippen LogP contribution in [0.2, 0.25) is 0 Å². The number of aliphatic imine (C=N–C) groups is 1. The maximum absolute atomic E-state index is 14.1. The molecule has 2 aromatic rings. The van der Waals surface area contributed by atoms with Gasteiger partial charge in [-0.3, -0.25) is 14.5 Å². The average Bonchev–Trinajstić information content (AvgIpc) is 3.23. The van der Waals surface area contributed by atoms with Crippen molar-refractivity contribution in [2.75, 3.05) is 13.7 Å². The summed E-state index contributed by atoms with van der Waals surface area (Å²) in [6.45, 7) is 4.03. The van der Waals surface area contributed by atoms with Gasteiger partial charge in [-0.05, 0) is 48.1 Å². The molecular formula is C29H35F3N4O4. The molecule has 11 heteroatoms. The summed E-state index contributed by atoms with van der Waals surface area (Å²) >= 11 is 0. The third-order valence-corrected chi connectivity index (χ3v) is 8.04. The number of aliphatic hydroxyl groups excluding tert-OH is 1. The zero-order valence-corrected chi connectivity index (χ0v) is 22.8. The molecule has 0 bridgehead atoms. The van der Waals surface area contributed by atoms with Crippen molar-refractivity contribution >= 4 is 17.8 Å². The van der Waals surface area contributed by atoms with Gasteiger partial charge in [0.2, 0.25) is 5.91 Å². The maximum atomic E-state index is 14.1. The Bertz CT molecular complexity index is 1290. The molecule has 40 heavy (non-hydrogen) atoms. The van der Waals surface area contributed by atoms with Crippen LogP contribution in [0.1, 0.15) is 84.2 Å². The maximum Gasteiger partial charge on any atom is 0.417 e. The fourth-order valence-corrected chi connectivity index (χ4v) is 5.67. The Morgan fingerprint density at radius 1 is 1.25 bits per heavy atom. The molecule has 2 aromatic carbocycles. The molecule has 1 aliphatic heterocycles. The quantitative estimate of drug-likeness (QED) is 0.423. The van der Waals surface area contributed by atoms with Crippen LogP contribution in [0.3, 0.4) is 0 Å². The van der Waals surface area contributed by atoms with Gasteiger partial charge < -0.3 is 20.9 Å². The molecule has 0 aromatic heterocycles. The number of amides is 2. The summed E-state index contributed by atoms with van der Waals surface area (Å²) in [4.78, 5) is 32.7. The molecule has 0 radical (unpaired) electrons. The number of ether oxygens (including phenoxy) is 1. The van der Waals surface area contributed by atoms with E-state index in [-0.39, 0.29) is 43.3 Å². The summed E-state index contributed by atoms with van der Waals surface area (Å²) in [6.07, 6.45) is -3.99. The number of hydrogen-bond acceptors (Lipinski definition) is 6. The summed E-state index contributed by atoms with van der Waals surface area (Å²) in [5.41, 5.74) is 5.70. The molecule has 4 rings (SSSR count). The van der Waals surface area contributed by atoms with Crippen LogP contribution in [0.25, 0.3) is 0 Å². The Labute approximate surface area is 231 Å². The van der Waals surface area contributed by atoms with Crippen molar-refractivity contribution in [1.82, 2.24) is 10.2 Å². The molecule has 1 aliphatic carbocycles. The SMILES string of the molecule is CCC1(CC)CC(=O)N(C(CCOC)c2ccc(C(F)(F)F)c(C(=O)N[C@@H]3c4ccccc4C[C@H]3O)c2)C(N)=N1. The number of nitrogens with zero attached hydrogens (tertiary/aromatic N) is 2. The highest BCUT2D eigenvalue weighted by Crippen LogP contribution is 2.38. The van der Waals surface area contributed by atoms with Gasteiger partial charge in [-0.25, -0.2) is 4.99 Å². The number of nitrogens with one attached hydrogen (secondary N) is 1. The van der Waals surface area contributed by atoms with Crippen LogP contribution < -0.4 is 11.1 Å². The lowest BCUT2D eigenvalue weighted by Crippen LogP contribution is -2.52. The van der Waals surface area contributed by atoms with E-state index in [1.54, 1.807) is 24.3 Å². The van der Waals surface area contributed by atoms with E-state index >= 15 is 0 Å². The molecule has 0 saturated carbocycles. The van der Waals surface area contributed by atoms with Crippen LogP contribution in [0.15, 0.2) is 47.5 Å². The Morgan fingerprint density at radius 3 is 2.58 bits per heavy atom. The van der Waals surface area contributed by atoms with E-state index in [4.69, 9.17) is 10.5 Å². The third kappa shape index (κ3) is 5.71. The van der Waals surface area contributed by atoms with Gasteiger partial charge in [-0.1, -0.05) is 44.2 Å². The molecule has 2 aliphatic rings. The number of rotatable bonds is 9. The van der Waals surface area contributed by atoms with Crippen molar-refractivity contribution in [3.63, 3.8) is 0 Å². The van der Waals surface area contributed by atoms with Gasteiger partial charge in [0.15, 0.2) is 5.96 Å². The first-order valence-electron chi connectivity index (χ1n) is 13.4. The molecule has 8 nitrogen and oxygen atoms in total. The van der Waals surface area contributed by atoms with Crippen LogP contribution in [-0.2, 0) is 22.1 Å². The molecular weight excluding hydrogens is 525 g/mol. The van der Waals surface area contributed by atoms with Gasteiger partial charge in [-0.15, -0.1) is 0 Å². The first-order chi connectivity index (χ1) is 18.9. The number of halogens is 3. The molecule has 3 atom stereocenters. The number of alkyl halides is 3. The first-order valence-corrected chi connectivity index (χ1v) is 13.4. The number of aliphatic hydroxyl groups is 1. The van der Waals surface area contributed by atoms with Crippen LogP contribution in [-0.4, -0.2) is 53.1 Å². The number of carbonyl (C=O) groups excluding carboxylic acids is 2. The summed E-state index contributed by atoms with van der Waals surface area (Å²) in [5, 5.41) is 13.2. The van der Waals surface area contributed by atoms with Crippen molar-refractivity contribution in [2.24, 2.45) is 10.7 Å². The van der Waals surface area contributed by atoms with Crippen LogP contribution >= 0.6 is 0 Å². The van der Waals surface area contributed by atoms with Crippen LogP contribution in [0.4, 0.5) is 13.2 Å². The van der Waals surface area contributed by atoms with Crippen molar-refractivity contribution in [3.8, 4) is 0 Å². The molecule has 2 amide bonds. The van der Waals surface area contributed by atoms with Gasteiger partial charge >= 0.3 is 6.18 Å². The number of carbonyl (C=O) groups is 2. The standard InChI is InChI=1S/C29H35F3N4O4/c1-4-28(5-2)16-24(38)36(27(33)35-28)22(12-13-40-3)18-10-11-21(29(30,31)32)20(14-18)26(39)34-25-19-9-7-6-8-17(19)15-23(25)37/h6-11,14,22-23,25,37H,4-5,12-13,15-16H2,1-3H3,(H2,33,35)(H,34,39)/t22?,23-,25-/m1/s1. The molecule has 0 saturated heterocycles. The monoisotopic (exact) mass is 560 g/mol. The van der Waals surface area contributed by atoms with E-state index in [0.29, 0.717) is 18.4 Å². The van der Waals surface area contributed by atoms with Crippen LogP contribution in [0.5, 0.6) is 0 Å². The van der Waals surface area contributed by atoms with Crippen molar-refractivity contribution in [3.05, 3.63) is 70.3 Å². The Kier molecular flexibility index (Phi) is 8.55. The second-order valence-electron chi connectivity index (χ2n) is 10.4. The molecule has 216 valence electrons. The largest absolute Gasteiger partial charge is 0.417 e. The highest BCUT2D eigenvalue weighted by atomic mass is 19.4. The Hall–Kier alpha value is -3.44. The van der Waals surface area contributed by atoms with Gasteiger partial charge in [0.25, 0.3) is 5.91 Å². The van der Waals surface area contributed by atoms with E-state index in [0.717, 1.165) is 17.7 Å². The minimum atomic E-state index is -4.82. The number of methoxy groups -OCH3 is 1. The summed E-state index contributed by atoms with van der Waals surface area (Å²) in [7, 11) is 1.47. The van der Waals surface area contributed by atoms with Gasteiger partial charge in [0, 0.05) is 20.1 Å². The average molecular weight is 561 g/mol. The second kappa shape index (κ2) is 11.6. The first kappa shape index (κ1) is 29.5. The number of benzene rings is 2. The zero-order valence-electron chi connectivity index (χ0n) is 22.8. The third-order valence-electron chi connectivity index (χ3n) is 8.04. The summed E-state index contributed by atoms with van der Waals surface area (Å²) in [5.74, 6) is -1.30. The predicted octanol–water partition coefficient (Wildman–Crippen LogP) is 4.28. The molecule has 4 N–H and O–H groups in total. The Morgan fingerprint density at radius 2 is 1.95 bits per heavy atom. The lowest BCUT2D eigenvalue weighted by molar-refractivity contribution is -0.138. The van der Waals surface area contributed by atoms with E-state index in [9.17, 15) is 27.9 Å². The summed E-state index contributed by atoms with van der Waals surface area (Å²) in [6, 6.07) is 8.64. The number of fused-ring (bicyclic) bond motifs is 1. The normalized spacial score (nSPS) is 21.1. The van der Waals surface area contributed by atoms with Crippen molar-refractivity contribution in [1.29, 1.82) is 0 Å². The van der Waals surface area contributed by atoms with E-state index in [1.165, 1.54) is 18.1 Å². The topological polar surface area (TPSA) is 117 Å². The minimum Gasteiger partial charge on any atom is -0.390 e. The molecule has 0 spiro atoms. The van der Waals surface area contributed by atoms with E-state index < -0.39 is 46.9 Å². The van der Waals surface area contributed by atoms with Crippen molar-refractivity contribution in [2.45, 2.75) is 75.9 Å². The van der Waals surface area contributed by atoms with E-state index in [1.807, 2.05) is 13.8 Å². The Balaban J connectivity index is 1.75. The van der Waals surface area contributed by atoms with E-state index in [2.05, 4.69) is 10.3 Å². The van der Waals surface area contributed by atoms with Gasteiger partial charge in [0.05, 0.1) is 41.3 Å². The zero-order chi connectivity index (χ0) is 29.2. The highest BCUT2D eigenvalue weighted by molar-refractivity contribution is 6.00. The fraction of sp³-hybridized carbons (Fsp3) is 0.483. The predicted molar refractivity (Wildman–Crippen MR) is 143 cm³/mol.